The van der Waals surface area contributed by atoms with Crippen LogP contribution in [-0.2, 0) is 9.59 Å². The first-order chi connectivity index (χ1) is 8.54. The van der Waals surface area contributed by atoms with Crippen molar-refractivity contribution in [2.75, 3.05) is 11.4 Å². The third kappa shape index (κ3) is 2.27. The molecule has 5 heteroatoms. The van der Waals surface area contributed by atoms with Crippen molar-refractivity contribution in [1.82, 2.24) is 5.32 Å². The highest BCUT2D eigenvalue weighted by Crippen LogP contribution is 2.37. The number of benzene rings is 1. The number of fused-ring (bicyclic) bond motifs is 1. The van der Waals surface area contributed by atoms with Crippen LogP contribution in [-0.4, -0.2) is 18.4 Å². The Morgan fingerprint density at radius 3 is 2.83 bits per heavy atom. The fraction of sp³-hybridized carbons (Fsp3) is 0.385. The van der Waals surface area contributed by atoms with Crippen molar-refractivity contribution in [2.45, 2.75) is 26.3 Å². The molecule has 0 saturated heterocycles. The number of carbonyl (C=O) groups excluding carboxylic acids is 2. The van der Waals surface area contributed by atoms with Crippen molar-refractivity contribution in [3.05, 3.63) is 28.2 Å². The van der Waals surface area contributed by atoms with Crippen LogP contribution in [0.1, 0.15) is 31.9 Å². The average molecular weight is 311 g/mol. The summed E-state index contributed by atoms with van der Waals surface area (Å²) in [6.45, 7) is 4.12. The Morgan fingerprint density at radius 2 is 2.22 bits per heavy atom. The van der Waals surface area contributed by atoms with E-state index in [-0.39, 0.29) is 11.8 Å². The molecule has 0 unspecified atom stereocenters. The van der Waals surface area contributed by atoms with Gasteiger partial charge in [0, 0.05) is 29.2 Å². The summed E-state index contributed by atoms with van der Waals surface area (Å²) in [4.78, 5) is 25.2. The van der Waals surface area contributed by atoms with E-state index in [0.717, 1.165) is 22.1 Å². The summed E-state index contributed by atoms with van der Waals surface area (Å²) in [5.74, 6) is -0.252. The molecule has 2 rings (SSSR count). The molecule has 0 bridgehead atoms. The van der Waals surface area contributed by atoms with Crippen LogP contribution in [0.2, 0.25) is 0 Å². The van der Waals surface area contributed by atoms with Crippen LogP contribution in [0.25, 0.3) is 0 Å². The fourth-order valence-electron chi connectivity index (χ4n) is 2.21. The zero-order valence-corrected chi connectivity index (χ0v) is 12.0. The molecular formula is C13H15BrN2O2. The Labute approximate surface area is 114 Å². The quantitative estimate of drug-likeness (QED) is 0.932. The maximum Gasteiger partial charge on any atom is 0.254 e. The summed E-state index contributed by atoms with van der Waals surface area (Å²) in [7, 11) is 0. The number of carbonyl (C=O) groups is 2. The monoisotopic (exact) mass is 310 g/mol. The lowest BCUT2D eigenvalue weighted by Gasteiger charge is -2.16. The smallest absolute Gasteiger partial charge is 0.254 e. The van der Waals surface area contributed by atoms with Gasteiger partial charge in [0.2, 0.25) is 5.91 Å². The number of nitrogens with zero attached hydrogens (tertiary/aromatic N) is 1. The first-order valence-corrected chi connectivity index (χ1v) is 6.71. The van der Waals surface area contributed by atoms with Crippen LogP contribution in [0.15, 0.2) is 22.7 Å². The first-order valence-electron chi connectivity index (χ1n) is 5.92. The molecule has 96 valence electrons. The van der Waals surface area contributed by atoms with Gasteiger partial charge >= 0.3 is 0 Å². The van der Waals surface area contributed by atoms with Gasteiger partial charge in [-0.25, -0.2) is 0 Å². The van der Waals surface area contributed by atoms with Crippen LogP contribution < -0.4 is 10.2 Å². The molecule has 1 atom stereocenters. The molecule has 18 heavy (non-hydrogen) atoms. The minimum absolute atomic E-state index is 0.0554. The topological polar surface area (TPSA) is 49.4 Å². The van der Waals surface area contributed by atoms with Gasteiger partial charge in [-0.15, -0.1) is 0 Å². The molecular weight excluding hydrogens is 296 g/mol. The summed E-state index contributed by atoms with van der Waals surface area (Å²) in [5, 5.41) is 2.71. The molecule has 0 saturated carbocycles. The third-order valence-corrected chi connectivity index (χ3v) is 3.39. The van der Waals surface area contributed by atoms with Gasteiger partial charge in [0.15, 0.2) is 0 Å². The third-order valence-electron chi connectivity index (χ3n) is 2.90. The van der Waals surface area contributed by atoms with Gasteiger partial charge in [-0.3, -0.25) is 9.59 Å². The average Bonchev–Trinajstić information content (AvgIpc) is 2.54. The molecule has 4 nitrogen and oxygen atoms in total. The molecule has 1 aromatic rings. The SMILES string of the molecule is CCCN1C(=O)[C@@H](NC(C)=O)c2cc(Br)ccc21. The van der Waals surface area contributed by atoms with Gasteiger partial charge in [-0.2, -0.15) is 0 Å². The van der Waals surface area contributed by atoms with Gasteiger partial charge in [-0.05, 0) is 24.6 Å². The number of rotatable bonds is 3. The molecule has 0 aromatic heterocycles. The molecule has 0 spiro atoms. The summed E-state index contributed by atoms with van der Waals surface area (Å²) >= 11 is 3.39. The maximum atomic E-state index is 12.3. The predicted molar refractivity (Wildman–Crippen MR) is 73.3 cm³/mol. The Morgan fingerprint density at radius 1 is 1.50 bits per heavy atom. The number of nitrogens with one attached hydrogen (secondary N) is 1. The first kappa shape index (κ1) is 13.1. The minimum Gasteiger partial charge on any atom is -0.341 e. The van der Waals surface area contributed by atoms with Crippen molar-refractivity contribution in [3.8, 4) is 0 Å². The maximum absolute atomic E-state index is 12.3. The van der Waals surface area contributed by atoms with E-state index < -0.39 is 6.04 Å². The van der Waals surface area contributed by atoms with Gasteiger partial charge < -0.3 is 10.2 Å². The van der Waals surface area contributed by atoms with Crippen LogP contribution in [0, 0.1) is 0 Å². The Balaban J connectivity index is 2.43. The summed E-state index contributed by atoms with van der Waals surface area (Å²) in [5.41, 5.74) is 1.75. The van der Waals surface area contributed by atoms with Crippen molar-refractivity contribution < 1.29 is 9.59 Å². The van der Waals surface area contributed by atoms with Crippen LogP contribution in [0.5, 0.6) is 0 Å². The lowest BCUT2D eigenvalue weighted by molar-refractivity contribution is -0.126. The molecule has 0 fully saturated rings. The van der Waals surface area contributed by atoms with Gasteiger partial charge in [0.1, 0.15) is 6.04 Å². The molecule has 1 aromatic carbocycles. The lowest BCUT2D eigenvalue weighted by atomic mass is 10.1. The molecule has 1 aliphatic heterocycles. The Kier molecular flexibility index (Phi) is 3.71. The largest absolute Gasteiger partial charge is 0.341 e. The zero-order chi connectivity index (χ0) is 13.3. The second-order valence-corrected chi connectivity index (χ2v) is 5.24. The molecule has 0 radical (unpaired) electrons. The predicted octanol–water partition coefficient (Wildman–Crippen LogP) is 2.38. The van der Waals surface area contributed by atoms with Crippen LogP contribution in [0.4, 0.5) is 5.69 Å². The lowest BCUT2D eigenvalue weighted by Crippen LogP contribution is -2.36. The van der Waals surface area contributed by atoms with E-state index in [1.807, 2.05) is 25.1 Å². The van der Waals surface area contributed by atoms with Gasteiger partial charge in [0.05, 0.1) is 0 Å². The summed E-state index contributed by atoms with van der Waals surface area (Å²) in [6.07, 6.45) is 0.883. The van der Waals surface area contributed by atoms with Crippen LogP contribution in [0.3, 0.4) is 0 Å². The number of hydrogen-bond acceptors (Lipinski definition) is 2. The minimum atomic E-state index is -0.554. The van der Waals surface area contributed by atoms with Crippen LogP contribution >= 0.6 is 15.9 Å². The normalized spacial score (nSPS) is 17.8. The Bertz CT molecular complexity index is 502. The highest BCUT2D eigenvalue weighted by atomic mass is 79.9. The zero-order valence-electron chi connectivity index (χ0n) is 10.4. The van der Waals surface area contributed by atoms with E-state index in [9.17, 15) is 9.59 Å². The van der Waals surface area contributed by atoms with Gasteiger partial charge in [0.25, 0.3) is 5.91 Å². The molecule has 1 N–H and O–H groups in total. The van der Waals surface area contributed by atoms with E-state index in [4.69, 9.17) is 0 Å². The van der Waals surface area contributed by atoms with Crippen molar-refractivity contribution in [1.29, 1.82) is 0 Å². The van der Waals surface area contributed by atoms with E-state index in [1.165, 1.54) is 6.92 Å². The summed E-state index contributed by atoms with van der Waals surface area (Å²) < 4.78 is 0.905. The number of amides is 2. The number of halogens is 1. The van der Waals surface area contributed by atoms with E-state index in [0.29, 0.717) is 6.54 Å². The van der Waals surface area contributed by atoms with E-state index in [1.54, 1.807) is 4.90 Å². The second-order valence-electron chi connectivity index (χ2n) is 4.33. The molecule has 2 amide bonds. The number of hydrogen-bond donors (Lipinski definition) is 1. The fourth-order valence-corrected chi connectivity index (χ4v) is 2.59. The van der Waals surface area contributed by atoms with E-state index in [2.05, 4.69) is 21.2 Å². The Hall–Kier alpha value is -1.36. The van der Waals surface area contributed by atoms with Gasteiger partial charge in [-0.1, -0.05) is 22.9 Å². The molecule has 1 heterocycles. The molecule has 1 aliphatic rings. The number of anilines is 1. The van der Waals surface area contributed by atoms with E-state index >= 15 is 0 Å². The highest BCUT2D eigenvalue weighted by Gasteiger charge is 2.37. The standard InChI is InChI=1S/C13H15BrN2O2/c1-3-6-16-11-5-4-9(14)7-10(11)12(13(16)18)15-8(2)17/h4-5,7,12H,3,6H2,1-2H3,(H,15,17)/t12-/m0/s1. The van der Waals surface area contributed by atoms with Crippen molar-refractivity contribution in [3.63, 3.8) is 0 Å². The molecule has 0 aliphatic carbocycles. The summed E-state index contributed by atoms with van der Waals surface area (Å²) in [6, 6.07) is 5.16. The highest BCUT2D eigenvalue weighted by molar-refractivity contribution is 9.10. The second kappa shape index (κ2) is 5.10. The van der Waals surface area contributed by atoms with Crippen molar-refractivity contribution in [2.24, 2.45) is 0 Å². The van der Waals surface area contributed by atoms with Crippen molar-refractivity contribution >= 4 is 33.4 Å².